The molecule has 0 bridgehead atoms. The fraction of sp³-hybridized carbons (Fsp3) is 0.120. The molecule has 5 nitrogen and oxygen atoms in total. The van der Waals surface area contributed by atoms with Crippen molar-refractivity contribution in [2.45, 2.75) is 13.5 Å². The van der Waals surface area contributed by atoms with Crippen LogP contribution in [0.15, 0.2) is 70.7 Å². The minimum Gasteiger partial charge on any atom is -0.497 e. The Morgan fingerprint density at radius 1 is 1.19 bits per heavy atom. The second-order valence-corrected chi connectivity index (χ2v) is 8.21. The summed E-state index contributed by atoms with van der Waals surface area (Å²) in [7, 11) is 1.56. The van der Waals surface area contributed by atoms with Gasteiger partial charge in [-0.1, -0.05) is 41.4 Å². The van der Waals surface area contributed by atoms with E-state index in [0.29, 0.717) is 38.9 Å². The smallest absolute Gasteiger partial charge is 0.266 e. The van der Waals surface area contributed by atoms with Crippen LogP contribution in [0.4, 0.5) is 5.69 Å². The van der Waals surface area contributed by atoms with Crippen LogP contribution in [0, 0.1) is 18.3 Å². The van der Waals surface area contributed by atoms with E-state index in [-0.39, 0.29) is 5.57 Å². The number of nitrogens with one attached hydrogen (secondary N) is 1. The van der Waals surface area contributed by atoms with Crippen LogP contribution in [-0.4, -0.2) is 13.0 Å². The average molecular weight is 512 g/mol. The van der Waals surface area contributed by atoms with Gasteiger partial charge in [0.2, 0.25) is 0 Å². The number of anilines is 1. The molecule has 32 heavy (non-hydrogen) atoms. The summed E-state index contributed by atoms with van der Waals surface area (Å²) in [5.41, 5.74) is 3.26. The van der Waals surface area contributed by atoms with Crippen LogP contribution in [0.3, 0.4) is 0 Å². The van der Waals surface area contributed by atoms with Crippen LogP contribution in [0.5, 0.6) is 11.5 Å². The minimum absolute atomic E-state index is 0.0581. The molecule has 0 saturated carbocycles. The Balaban J connectivity index is 1.75. The van der Waals surface area contributed by atoms with Gasteiger partial charge in [-0.05, 0) is 76.5 Å². The van der Waals surface area contributed by atoms with Gasteiger partial charge < -0.3 is 14.8 Å². The van der Waals surface area contributed by atoms with Crippen LogP contribution >= 0.6 is 27.5 Å². The second-order valence-electron chi connectivity index (χ2n) is 6.94. The zero-order chi connectivity index (χ0) is 23.1. The van der Waals surface area contributed by atoms with E-state index in [1.165, 1.54) is 6.08 Å². The number of carbonyl (C=O) groups excluding carboxylic acids is 1. The highest BCUT2D eigenvalue weighted by Gasteiger charge is 2.13. The van der Waals surface area contributed by atoms with Gasteiger partial charge in [0.05, 0.1) is 16.6 Å². The first-order valence-corrected chi connectivity index (χ1v) is 10.8. The van der Waals surface area contributed by atoms with Crippen molar-refractivity contribution >= 4 is 45.2 Å². The Hall–Kier alpha value is -3.27. The number of carbonyl (C=O) groups is 1. The van der Waals surface area contributed by atoms with E-state index in [9.17, 15) is 10.1 Å². The standard InChI is InChI=1S/C25H20BrClN2O3/c1-16-4-3-5-17(10-16)15-32-24-22(26)12-18(13-23(24)27)11-19(14-28)25(30)29-20-6-8-21(31-2)9-7-20/h3-13H,15H2,1-2H3,(H,29,30)/b19-11-. The topological polar surface area (TPSA) is 71.3 Å². The third-order valence-electron chi connectivity index (χ3n) is 4.51. The molecule has 3 aromatic rings. The van der Waals surface area contributed by atoms with Gasteiger partial charge in [0, 0.05) is 5.69 Å². The summed E-state index contributed by atoms with van der Waals surface area (Å²) in [6.07, 6.45) is 1.47. The van der Waals surface area contributed by atoms with Gasteiger partial charge >= 0.3 is 0 Å². The van der Waals surface area contributed by atoms with Crippen LogP contribution in [0.2, 0.25) is 5.02 Å². The molecule has 0 unspecified atom stereocenters. The highest BCUT2D eigenvalue weighted by Crippen LogP contribution is 2.35. The number of methoxy groups -OCH3 is 1. The van der Waals surface area contributed by atoms with Gasteiger partial charge in [-0.25, -0.2) is 0 Å². The minimum atomic E-state index is -0.523. The quantitative estimate of drug-likeness (QED) is 0.289. The number of halogens is 2. The van der Waals surface area contributed by atoms with Crippen LogP contribution in [-0.2, 0) is 11.4 Å². The molecule has 0 aliphatic rings. The first-order valence-electron chi connectivity index (χ1n) is 9.64. The fourth-order valence-electron chi connectivity index (χ4n) is 2.95. The average Bonchev–Trinajstić information content (AvgIpc) is 2.77. The van der Waals surface area contributed by atoms with E-state index in [1.54, 1.807) is 43.5 Å². The summed E-state index contributed by atoms with van der Waals surface area (Å²) in [5.74, 6) is 0.638. The SMILES string of the molecule is COc1ccc(NC(=O)/C(C#N)=C\c2cc(Cl)c(OCc3cccc(C)c3)c(Br)c2)cc1. The molecule has 3 rings (SSSR count). The van der Waals surface area contributed by atoms with Crippen molar-refractivity contribution in [3.8, 4) is 17.6 Å². The Morgan fingerprint density at radius 2 is 1.94 bits per heavy atom. The lowest BCUT2D eigenvalue weighted by molar-refractivity contribution is -0.112. The molecule has 0 aliphatic carbocycles. The molecule has 0 aliphatic heterocycles. The van der Waals surface area contributed by atoms with Crippen molar-refractivity contribution in [1.29, 1.82) is 5.26 Å². The predicted molar refractivity (Wildman–Crippen MR) is 130 cm³/mol. The van der Waals surface area contributed by atoms with Crippen molar-refractivity contribution in [2.75, 3.05) is 12.4 Å². The molecule has 0 spiro atoms. The van der Waals surface area contributed by atoms with Crippen molar-refractivity contribution in [2.24, 2.45) is 0 Å². The first kappa shape index (κ1) is 23.4. The number of hydrogen-bond donors (Lipinski definition) is 1. The third-order valence-corrected chi connectivity index (χ3v) is 5.38. The third kappa shape index (κ3) is 6.13. The maximum atomic E-state index is 12.5. The Labute approximate surface area is 200 Å². The van der Waals surface area contributed by atoms with Crippen molar-refractivity contribution in [3.05, 3.63) is 92.4 Å². The molecule has 0 saturated heterocycles. The van der Waals surface area contributed by atoms with Crippen molar-refractivity contribution in [1.82, 2.24) is 0 Å². The Kier molecular flexibility index (Phi) is 7.93. The maximum absolute atomic E-state index is 12.5. The number of amides is 1. The molecular weight excluding hydrogens is 492 g/mol. The Bertz CT molecular complexity index is 1180. The van der Waals surface area contributed by atoms with Crippen LogP contribution in [0.25, 0.3) is 6.08 Å². The van der Waals surface area contributed by atoms with Crippen molar-refractivity contribution < 1.29 is 14.3 Å². The van der Waals surface area contributed by atoms with Crippen LogP contribution in [0.1, 0.15) is 16.7 Å². The summed E-state index contributed by atoms with van der Waals surface area (Å²) in [6, 6.07) is 20.2. The predicted octanol–water partition coefficient (Wildman–Crippen LogP) is 6.54. The molecule has 1 N–H and O–H groups in total. The molecule has 0 radical (unpaired) electrons. The molecule has 0 heterocycles. The molecule has 1 amide bonds. The molecule has 0 aromatic heterocycles. The highest BCUT2D eigenvalue weighted by molar-refractivity contribution is 9.10. The number of nitrogens with zero attached hydrogens (tertiary/aromatic N) is 1. The Morgan fingerprint density at radius 3 is 2.56 bits per heavy atom. The molecule has 3 aromatic carbocycles. The summed E-state index contributed by atoms with van der Waals surface area (Å²) in [4.78, 5) is 12.5. The number of benzene rings is 3. The molecule has 0 atom stereocenters. The maximum Gasteiger partial charge on any atom is 0.266 e. The van der Waals surface area contributed by atoms with Gasteiger partial charge in [0.15, 0.2) is 5.75 Å². The summed E-state index contributed by atoms with van der Waals surface area (Å²) < 4.78 is 11.6. The van der Waals surface area contributed by atoms with E-state index >= 15 is 0 Å². The lowest BCUT2D eigenvalue weighted by Gasteiger charge is -2.12. The summed E-state index contributed by atoms with van der Waals surface area (Å²) >= 11 is 9.89. The lowest BCUT2D eigenvalue weighted by Crippen LogP contribution is -2.13. The summed E-state index contributed by atoms with van der Waals surface area (Å²) in [6.45, 7) is 2.38. The first-order chi connectivity index (χ1) is 15.4. The van der Waals surface area contributed by atoms with Gasteiger partial charge in [-0.3, -0.25) is 4.79 Å². The molecule has 162 valence electrons. The monoisotopic (exact) mass is 510 g/mol. The van der Waals surface area contributed by atoms with Gasteiger partial charge in [-0.2, -0.15) is 5.26 Å². The van der Waals surface area contributed by atoms with Gasteiger partial charge in [0.25, 0.3) is 5.91 Å². The zero-order valence-electron chi connectivity index (χ0n) is 17.5. The molecule has 7 heteroatoms. The number of hydrogen-bond acceptors (Lipinski definition) is 4. The van der Waals surface area contributed by atoms with Gasteiger partial charge in [0.1, 0.15) is 24.0 Å². The second kappa shape index (κ2) is 10.9. The number of rotatable bonds is 7. The number of ether oxygens (including phenoxy) is 2. The van der Waals surface area contributed by atoms with E-state index in [1.807, 2.05) is 37.3 Å². The van der Waals surface area contributed by atoms with E-state index < -0.39 is 5.91 Å². The summed E-state index contributed by atoms with van der Waals surface area (Å²) in [5, 5.41) is 12.5. The fourth-order valence-corrected chi connectivity index (χ4v) is 3.94. The van der Waals surface area contributed by atoms with Crippen LogP contribution < -0.4 is 14.8 Å². The van der Waals surface area contributed by atoms with E-state index in [4.69, 9.17) is 21.1 Å². The molecule has 0 fully saturated rings. The van der Waals surface area contributed by atoms with E-state index in [2.05, 4.69) is 21.2 Å². The lowest BCUT2D eigenvalue weighted by atomic mass is 10.1. The van der Waals surface area contributed by atoms with E-state index in [0.717, 1.165) is 11.1 Å². The number of aryl methyl sites for hydroxylation is 1. The highest BCUT2D eigenvalue weighted by atomic mass is 79.9. The number of nitriles is 1. The van der Waals surface area contributed by atoms with Crippen molar-refractivity contribution in [3.63, 3.8) is 0 Å². The molecular formula is C25H20BrClN2O3. The zero-order valence-corrected chi connectivity index (χ0v) is 19.8. The van der Waals surface area contributed by atoms with Gasteiger partial charge in [-0.15, -0.1) is 0 Å². The largest absolute Gasteiger partial charge is 0.497 e. The normalized spacial score (nSPS) is 10.9.